The third-order valence-corrected chi connectivity index (χ3v) is 4.83. The van der Waals surface area contributed by atoms with Crippen molar-refractivity contribution in [3.63, 3.8) is 0 Å². The average molecular weight is 351 g/mol. The van der Waals surface area contributed by atoms with E-state index in [4.69, 9.17) is 16.3 Å². The Balaban J connectivity index is 2.15. The van der Waals surface area contributed by atoms with Gasteiger partial charge in [-0.3, -0.25) is 9.58 Å². The monoisotopic (exact) mass is 349 g/mol. The number of nitrogens with zero attached hydrogens (tertiary/aromatic N) is 3. The maximum Gasteiger partial charge on any atom is 0.0860 e. The average Bonchev–Trinajstić information content (AvgIpc) is 2.68. The molecule has 0 aromatic carbocycles. The normalized spacial score (nSPS) is 24.9. The van der Waals surface area contributed by atoms with Crippen molar-refractivity contribution in [3.05, 3.63) is 16.4 Å². The van der Waals surface area contributed by atoms with E-state index >= 15 is 0 Å². The second kappa shape index (κ2) is 6.57. The van der Waals surface area contributed by atoms with E-state index in [0.717, 1.165) is 48.0 Å². The first kappa shape index (κ1) is 15.3. The van der Waals surface area contributed by atoms with Gasteiger partial charge in [0.1, 0.15) is 0 Å². The van der Waals surface area contributed by atoms with Crippen LogP contribution < -0.4 is 0 Å². The third-order valence-electron chi connectivity index (χ3n) is 3.61. The lowest BCUT2D eigenvalue weighted by molar-refractivity contribution is -0.0507. The molecule has 2 atom stereocenters. The molecule has 1 aliphatic heterocycles. The minimum atomic E-state index is 0.258. The molecule has 4 nitrogen and oxygen atoms in total. The first-order valence-corrected chi connectivity index (χ1v) is 8.20. The summed E-state index contributed by atoms with van der Waals surface area (Å²) < 4.78 is 7.76. The number of aromatic nitrogens is 2. The first-order valence-electron chi connectivity index (χ1n) is 6.70. The Morgan fingerprint density at radius 2 is 2.26 bits per heavy atom. The van der Waals surface area contributed by atoms with Crippen molar-refractivity contribution >= 4 is 27.5 Å². The Hall–Kier alpha value is -0.100. The van der Waals surface area contributed by atoms with Crippen LogP contribution in [0.15, 0.2) is 0 Å². The van der Waals surface area contributed by atoms with Crippen molar-refractivity contribution in [2.75, 3.05) is 18.5 Å². The number of hydrogen-bond donors (Lipinski definition) is 0. The Morgan fingerprint density at radius 3 is 2.89 bits per heavy atom. The summed E-state index contributed by atoms with van der Waals surface area (Å²) in [6.45, 7) is 9.63. The summed E-state index contributed by atoms with van der Waals surface area (Å²) in [5.74, 6) is 0. The van der Waals surface area contributed by atoms with Gasteiger partial charge in [-0.25, -0.2) is 0 Å². The van der Waals surface area contributed by atoms with Gasteiger partial charge in [0.15, 0.2) is 0 Å². The smallest absolute Gasteiger partial charge is 0.0860 e. The van der Waals surface area contributed by atoms with Crippen molar-refractivity contribution in [1.82, 2.24) is 14.7 Å². The SMILES string of the molecule is CCn1nc(C)c(Cl)c1CN1CC(CBr)OCC1C. The molecule has 0 N–H and O–H groups in total. The lowest BCUT2D eigenvalue weighted by Crippen LogP contribution is -2.48. The summed E-state index contributed by atoms with van der Waals surface area (Å²) in [4.78, 5) is 2.42. The second-order valence-corrected chi connectivity index (χ2v) is 6.08. The number of halogens is 2. The van der Waals surface area contributed by atoms with E-state index in [2.05, 4.69) is 39.8 Å². The summed E-state index contributed by atoms with van der Waals surface area (Å²) in [5, 5.41) is 6.15. The van der Waals surface area contributed by atoms with Gasteiger partial charge in [-0.05, 0) is 20.8 Å². The van der Waals surface area contributed by atoms with Gasteiger partial charge in [0, 0.05) is 31.0 Å². The zero-order valence-electron chi connectivity index (χ0n) is 11.7. The third kappa shape index (κ3) is 3.32. The largest absolute Gasteiger partial charge is 0.374 e. The van der Waals surface area contributed by atoms with Crippen LogP contribution in [0.1, 0.15) is 25.2 Å². The molecule has 1 aromatic rings. The molecule has 2 heterocycles. The standard InChI is InChI=1S/C13H21BrClN3O/c1-4-18-12(13(15)10(3)16-18)7-17-6-11(5-14)19-8-9(17)2/h9,11H,4-8H2,1-3H3. The molecule has 108 valence electrons. The van der Waals surface area contributed by atoms with E-state index in [0.29, 0.717) is 6.04 Å². The molecule has 6 heteroatoms. The highest BCUT2D eigenvalue weighted by Crippen LogP contribution is 2.24. The molecule has 0 bridgehead atoms. The highest BCUT2D eigenvalue weighted by Gasteiger charge is 2.27. The fraction of sp³-hybridized carbons (Fsp3) is 0.769. The summed E-state index contributed by atoms with van der Waals surface area (Å²) in [6.07, 6.45) is 0.258. The van der Waals surface area contributed by atoms with Crippen molar-refractivity contribution in [3.8, 4) is 0 Å². The molecule has 0 aliphatic carbocycles. The van der Waals surface area contributed by atoms with Crippen molar-refractivity contribution < 1.29 is 4.74 Å². The van der Waals surface area contributed by atoms with E-state index in [1.54, 1.807) is 0 Å². The topological polar surface area (TPSA) is 30.3 Å². The summed E-state index contributed by atoms with van der Waals surface area (Å²) >= 11 is 9.87. The van der Waals surface area contributed by atoms with Gasteiger partial charge in [-0.1, -0.05) is 27.5 Å². The molecule has 0 spiro atoms. The first-order chi connectivity index (χ1) is 9.06. The highest BCUT2D eigenvalue weighted by molar-refractivity contribution is 9.09. The van der Waals surface area contributed by atoms with Gasteiger partial charge < -0.3 is 4.74 Å². The fourth-order valence-electron chi connectivity index (χ4n) is 2.40. The van der Waals surface area contributed by atoms with Gasteiger partial charge in [0.05, 0.1) is 29.1 Å². The maximum absolute atomic E-state index is 6.38. The van der Waals surface area contributed by atoms with E-state index in [9.17, 15) is 0 Å². The number of rotatable bonds is 4. The minimum Gasteiger partial charge on any atom is -0.374 e. The lowest BCUT2D eigenvalue weighted by atomic mass is 10.2. The van der Waals surface area contributed by atoms with Gasteiger partial charge >= 0.3 is 0 Å². The van der Waals surface area contributed by atoms with Crippen LogP contribution >= 0.6 is 27.5 Å². The van der Waals surface area contributed by atoms with Gasteiger partial charge in [0.2, 0.25) is 0 Å². The lowest BCUT2D eigenvalue weighted by Gasteiger charge is -2.37. The quantitative estimate of drug-likeness (QED) is 0.782. The van der Waals surface area contributed by atoms with Crippen molar-refractivity contribution in [2.24, 2.45) is 0 Å². The van der Waals surface area contributed by atoms with Crippen LogP contribution in [0.4, 0.5) is 0 Å². The number of alkyl halides is 1. The van der Waals surface area contributed by atoms with E-state index < -0.39 is 0 Å². The van der Waals surface area contributed by atoms with Crippen molar-refractivity contribution in [2.45, 2.75) is 46.0 Å². The molecule has 19 heavy (non-hydrogen) atoms. The number of aryl methyl sites for hydroxylation is 2. The molecular weight excluding hydrogens is 330 g/mol. The van der Waals surface area contributed by atoms with Crippen LogP contribution in [0.25, 0.3) is 0 Å². The molecular formula is C13H21BrClN3O. The maximum atomic E-state index is 6.38. The fourth-order valence-corrected chi connectivity index (χ4v) is 2.99. The van der Waals surface area contributed by atoms with E-state index in [1.165, 1.54) is 0 Å². The minimum absolute atomic E-state index is 0.258. The molecule has 0 amide bonds. The van der Waals surface area contributed by atoms with Crippen LogP contribution in [0.3, 0.4) is 0 Å². The predicted octanol–water partition coefficient (Wildman–Crippen LogP) is 2.85. The summed E-state index contributed by atoms with van der Waals surface area (Å²) in [5.41, 5.74) is 2.03. The summed E-state index contributed by atoms with van der Waals surface area (Å²) in [6, 6.07) is 0.409. The van der Waals surface area contributed by atoms with Crippen LogP contribution in [0, 0.1) is 6.92 Å². The van der Waals surface area contributed by atoms with Crippen LogP contribution in [-0.4, -0.2) is 45.3 Å². The second-order valence-electron chi connectivity index (χ2n) is 5.05. The molecule has 1 aliphatic rings. The molecule has 0 radical (unpaired) electrons. The Morgan fingerprint density at radius 1 is 1.53 bits per heavy atom. The van der Waals surface area contributed by atoms with Crippen LogP contribution in [-0.2, 0) is 17.8 Å². The van der Waals surface area contributed by atoms with Gasteiger partial charge in [0.25, 0.3) is 0 Å². The summed E-state index contributed by atoms with van der Waals surface area (Å²) in [7, 11) is 0. The predicted molar refractivity (Wildman–Crippen MR) is 81.1 cm³/mol. The van der Waals surface area contributed by atoms with Gasteiger partial charge in [-0.2, -0.15) is 5.10 Å². The zero-order chi connectivity index (χ0) is 14.0. The Kier molecular flexibility index (Phi) is 5.29. The molecule has 2 unspecified atom stereocenters. The van der Waals surface area contributed by atoms with Crippen molar-refractivity contribution in [1.29, 1.82) is 0 Å². The molecule has 1 aromatic heterocycles. The molecule has 1 saturated heterocycles. The Bertz CT molecular complexity index is 438. The van der Waals surface area contributed by atoms with Crippen LogP contribution in [0.2, 0.25) is 5.02 Å². The number of ether oxygens (including phenoxy) is 1. The Labute approximate surface area is 128 Å². The number of morpholine rings is 1. The van der Waals surface area contributed by atoms with Crippen LogP contribution in [0.5, 0.6) is 0 Å². The number of hydrogen-bond acceptors (Lipinski definition) is 3. The molecule has 2 rings (SSSR count). The zero-order valence-corrected chi connectivity index (χ0v) is 14.0. The van der Waals surface area contributed by atoms with Gasteiger partial charge in [-0.15, -0.1) is 0 Å². The molecule has 1 fully saturated rings. The molecule has 0 saturated carbocycles. The van der Waals surface area contributed by atoms with E-state index in [1.807, 2.05) is 11.6 Å². The highest BCUT2D eigenvalue weighted by atomic mass is 79.9. The van der Waals surface area contributed by atoms with E-state index in [-0.39, 0.29) is 6.10 Å².